The van der Waals surface area contributed by atoms with Crippen LogP contribution in [0.3, 0.4) is 0 Å². The molecule has 0 bridgehead atoms. The molecule has 1 atom stereocenters. The van der Waals surface area contributed by atoms with Crippen molar-refractivity contribution < 1.29 is 14.5 Å². The number of nitro groups is 1. The summed E-state index contributed by atoms with van der Waals surface area (Å²) in [6.45, 7) is -0.254. The van der Waals surface area contributed by atoms with E-state index in [0.717, 1.165) is 11.3 Å². The van der Waals surface area contributed by atoms with Crippen LogP contribution in [0.4, 0.5) is 21.0 Å². The van der Waals surface area contributed by atoms with Crippen molar-refractivity contribution >= 4 is 46.6 Å². The highest BCUT2D eigenvalue weighted by Gasteiger charge is 2.58. The smallest absolute Gasteiger partial charge is 0.294 e. The van der Waals surface area contributed by atoms with Gasteiger partial charge in [-0.3, -0.25) is 19.9 Å². The highest BCUT2D eigenvalue weighted by atomic mass is 35.5. The molecule has 2 aliphatic heterocycles. The lowest BCUT2D eigenvalue weighted by molar-refractivity contribution is -0.494. The van der Waals surface area contributed by atoms with Crippen LogP contribution in [-0.2, 0) is 0 Å². The Hall–Kier alpha value is -2.84. The predicted molar refractivity (Wildman–Crippen MR) is 118 cm³/mol. The molecule has 2 aromatic carbocycles. The number of rotatable bonds is 4. The van der Waals surface area contributed by atoms with Gasteiger partial charge in [0.1, 0.15) is 0 Å². The van der Waals surface area contributed by atoms with Crippen molar-refractivity contribution in [3.63, 3.8) is 0 Å². The second-order valence-electron chi connectivity index (χ2n) is 7.62. The molecule has 2 aliphatic rings. The van der Waals surface area contributed by atoms with Crippen molar-refractivity contribution in [2.75, 3.05) is 22.9 Å². The number of carbonyl (C=O) groups excluding carboxylic acids is 2. The Kier molecular flexibility index (Phi) is 5.77. The minimum Gasteiger partial charge on any atom is -0.294 e. The van der Waals surface area contributed by atoms with E-state index in [1.807, 2.05) is 0 Å². The van der Waals surface area contributed by atoms with Gasteiger partial charge in [-0.05, 0) is 67.8 Å². The summed E-state index contributed by atoms with van der Waals surface area (Å²) in [6, 6.07) is 11.6. The highest BCUT2D eigenvalue weighted by Crippen LogP contribution is 2.41. The molecular weight excluding hydrogens is 443 g/mol. The molecule has 8 nitrogen and oxygen atoms in total. The van der Waals surface area contributed by atoms with E-state index in [2.05, 4.69) is 0 Å². The van der Waals surface area contributed by atoms with E-state index in [1.54, 1.807) is 48.5 Å². The largest absolute Gasteiger partial charge is 0.339 e. The van der Waals surface area contributed by atoms with Gasteiger partial charge in [0.15, 0.2) is 5.66 Å². The van der Waals surface area contributed by atoms with Crippen LogP contribution in [0.5, 0.6) is 0 Å². The lowest BCUT2D eigenvalue weighted by Crippen LogP contribution is -2.76. The molecule has 4 rings (SSSR count). The van der Waals surface area contributed by atoms with Crippen molar-refractivity contribution in [3.05, 3.63) is 68.7 Å². The molecule has 0 radical (unpaired) electrons. The van der Waals surface area contributed by atoms with Gasteiger partial charge in [-0.1, -0.05) is 29.6 Å². The monoisotopic (exact) mass is 462 g/mol. The summed E-state index contributed by atoms with van der Waals surface area (Å²) in [5.74, 6) is 0. The summed E-state index contributed by atoms with van der Waals surface area (Å²) < 4.78 is 0. The third kappa shape index (κ3) is 3.81. The zero-order valence-electron chi connectivity index (χ0n) is 16.5. The van der Waals surface area contributed by atoms with Crippen molar-refractivity contribution in [3.8, 4) is 0 Å². The van der Waals surface area contributed by atoms with Gasteiger partial charge in [0.25, 0.3) is 0 Å². The standard InChI is InChI=1S/C21H20Cl2N4O4/c22-15-4-8-17(9-5-15)26-19(28)24-13-3-1-2-12-21(24,14-25(30)31)27(20(26)29)18-10-6-16(23)7-11-18/h4-11H,1-3,12-14H2/t21-/m0/s1. The van der Waals surface area contributed by atoms with Gasteiger partial charge in [0, 0.05) is 27.2 Å². The van der Waals surface area contributed by atoms with Crippen LogP contribution in [0.1, 0.15) is 25.7 Å². The molecule has 2 saturated heterocycles. The van der Waals surface area contributed by atoms with Gasteiger partial charge in [0.2, 0.25) is 6.54 Å². The van der Waals surface area contributed by atoms with Crippen molar-refractivity contribution in [1.82, 2.24) is 4.90 Å². The Morgan fingerprint density at radius 2 is 1.45 bits per heavy atom. The van der Waals surface area contributed by atoms with E-state index in [1.165, 1.54) is 9.80 Å². The summed E-state index contributed by atoms with van der Waals surface area (Å²) in [6.07, 6.45) is 2.48. The molecule has 0 unspecified atom stereocenters. The molecule has 0 N–H and O–H groups in total. The topological polar surface area (TPSA) is 87.0 Å². The number of hydrogen-bond donors (Lipinski definition) is 0. The van der Waals surface area contributed by atoms with Gasteiger partial charge in [-0.15, -0.1) is 0 Å². The van der Waals surface area contributed by atoms with Gasteiger partial charge in [-0.2, -0.15) is 0 Å². The van der Waals surface area contributed by atoms with E-state index in [-0.39, 0.29) is 0 Å². The molecule has 0 aliphatic carbocycles. The molecule has 31 heavy (non-hydrogen) atoms. The van der Waals surface area contributed by atoms with E-state index >= 15 is 0 Å². The summed E-state index contributed by atoms with van der Waals surface area (Å²) in [5.41, 5.74) is -0.614. The molecule has 4 amide bonds. The van der Waals surface area contributed by atoms with Gasteiger partial charge in [-0.25, -0.2) is 14.5 Å². The Balaban J connectivity index is 1.91. The number of hydrogen-bond acceptors (Lipinski definition) is 4. The summed E-state index contributed by atoms with van der Waals surface area (Å²) in [5, 5.41) is 12.7. The predicted octanol–water partition coefficient (Wildman–Crippen LogP) is 5.41. The van der Waals surface area contributed by atoms with Crippen LogP contribution in [0.25, 0.3) is 0 Å². The Labute approximate surface area is 189 Å². The number of amides is 4. The van der Waals surface area contributed by atoms with Crippen LogP contribution < -0.4 is 9.80 Å². The first-order chi connectivity index (χ1) is 14.8. The number of fused-ring (bicyclic) bond motifs is 1. The number of anilines is 2. The molecule has 2 aromatic rings. The van der Waals surface area contributed by atoms with Crippen molar-refractivity contribution in [2.24, 2.45) is 0 Å². The molecular formula is C21H20Cl2N4O4. The van der Waals surface area contributed by atoms with Crippen molar-refractivity contribution in [2.45, 2.75) is 31.3 Å². The van der Waals surface area contributed by atoms with E-state index < -0.39 is 29.2 Å². The number of halogens is 2. The Morgan fingerprint density at radius 3 is 2.03 bits per heavy atom. The lowest BCUT2D eigenvalue weighted by Gasteiger charge is -2.53. The maximum absolute atomic E-state index is 13.8. The fourth-order valence-electron chi connectivity index (χ4n) is 4.38. The van der Waals surface area contributed by atoms with Crippen LogP contribution in [0.2, 0.25) is 10.0 Å². The molecule has 0 saturated carbocycles. The molecule has 2 heterocycles. The Morgan fingerprint density at radius 1 is 0.871 bits per heavy atom. The number of nitrogens with zero attached hydrogens (tertiary/aromatic N) is 4. The minimum absolute atomic E-state index is 0.308. The van der Waals surface area contributed by atoms with Crippen LogP contribution in [0.15, 0.2) is 48.5 Å². The second kappa shape index (κ2) is 8.36. The fourth-order valence-corrected chi connectivity index (χ4v) is 4.63. The van der Waals surface area contributed by atoms with Crippen LogP contribution >= 0.6 is 23.2 Å². The molecule has 162 valence electrons. The highest BCUT2D eigenvalue weighted by molar-refractivity contribution is 6.31. The minimum atomic E-state index is -1.40. The third-order valence-electron chi connectivity index (χ3n) is 5.73. The third-order valence-corrected chi connectivity index (χ3v) is 6.24. The molecule has 0 spiro atoms. The molecule has 10 heteroatoms. The SMILES string of the molecule is O=C1N(c2ccc(Cl)cc2)C(=O)N(c2ccc(Cl)cc2)[C@]2(C[N+](=O)[O-])CCCCCN12. The first-order valence-corrected chi connectivity index (χ1v) is 10.7. The van der Waals surface area contributed by atoms with E-state index in [0.29, 0.717) is 47.2 Å². The van der Waals surface area contributed by atoms with E-state index in [4.69, 9.17) is 23.2 Å². The zero-order valence-corrected chi connectivity index (χ0v) is 18.1. The summed E-state index contributed by atoms with van der Waals surface area (Å²) in [7, 11) is 0. The van der Waals surface area contributed by atoms with Crippen LogP contribution in [-0.4, -0.2) is 40.6 Å². The first-order valence-electron chi connectivity index (χ1n) is 9.92. The van der Waals surface area contributed by atoms with Gasteiger partial charge < -0.3 is 0 Å². The average molecular weight is 463 g/mol. The van der Waals surface area contributed by atoms with Crippen LogP contribution in [0, 0.1) is 10.1 Å². The second-order valence-corrected chi connectivity index (χ2v) is 8.50. The average Bonchev–Trinajstić information content (AvgIpc) is 2.93. The number of urea groups is 2. The summed E-state index contributed by atoms with van der Waals surface area (Å²) in [4.78, 5) is 42.5. The summed E-state index contributed by atoms with van der Waals surface area (Å²) >= 11 is 12.0. The zero-order chi connectivity index (χ0) is 22.2. The maximum Gasteiger partial charge on any atom is 0.339 e. The molecule has 0 aromatic heterocycles. The number of carbonyl (C=O) groups is 2. The van der Waals surface area contributed by atoms with Gasteiger partial charge >= 0.3 is 12.1 Å². The number of benzene rings is 2. The van der Waals surface area contributed by atoms with Crippen molar-refractivity contribution in [1.29, 1.82) is 0 Å². The molecule has 2 fully saturated rings. The van der Waals surface area contributed by atoms with E-state index in [9.17, 15) is 19.7 Å². The van der Waals surface area contributed by atoms with Gasteiger partial charge in [0.05, 0.1) is 5.69 Å². The Bertz CT molecular complexity index is 1020. The normalized spacial score (nSPS) is 21.7. The number of imide groups is 1. The quantitative estimate of drug-likeness (QED) is 0.448. The fraction of sp³-hybridized carbons (Fsp3) is 0.333. The lowest BCUT2D eigenvalue weighted by atomic mass is 9.97. The first kappa shape index (κ1) is 21.4. The maximum atomic E-state index is 13.8.